The molecular formula is C2H9N3NaO2PS. The minimum Gasteiger partial charge on any atom is -1.00 e. The fraction of sp³-hybridized carbons (Fsp3) is 0.500. The molecule has 0 spiro atoms. The second-order valence-electron chi connectivity index (χ2n) is 1.44. The van der Waals surface area contributed by atoms with Crippen LogP contribution in [-0.2, 0) is 0 Å². The first-order chi connectivity index (χ1) is 3.92. The molecule has 0 aromatic rings. The largest absolute Gasteiger partial charge is 1.00 e. The molecule has 8 heteroatoms. The van der Waals surface area contributed by atoms with Crippen molar-refractivity contribution in [2.45, 2.75) is 0 Å². The summed E-state index contributed by atoms with van der Waals surface area (Å²) >= 11 is 4.33. The number of rotatable bonds is 1. The van der Waals surface area contributed by atoms with Gasteiger partial charge in [0.25, 0.3) is 0 Å². The number of nitrogens with zero attached hydrogens (tertiary/aromatic N) is 1. The SMILES string of the molecule is CP(O)(O)=NNC(N)=S.[H-].[Na+]. The molecule has 0 aromatic carbocycles. The standard InChI is InChI=1S/C2H8N3O2PS.Na.H/c1-8(6,7)5-4-2(3)9;;/h6-7H,1H3,(H3,3,4,9);;/q;+1;-1. The normalized spacial score (nSPS) is 9.50. The summed E-state index contributed by atoms with van der Waals surface area (Å²) in [4.78, 5) is 20.3. The Morgan fingerprint density at radius 3 is 2.30 bits per heavy atom. The summed E-state index contributed by atoms with van der Waals surface area (Å²) in [6, 6.07) is 0. The molecule has 0 bridgehead atoms. The van der Waals surface area contributed by atoms with Crippen LogP contribution in [0.4, 0.5) is 0 Å². The third kappa shape index (κ3) is 11.6. The van der Waals surface area contributed by atoms with Crippen LogP contribution in [0.2, 0.25) is 0 Å². The molecule has 0 fully saturated rings. The van der Waals surface area contributed by atoms with E-state index in [4.69, 9.17) is 15.5 Å². The molecule has 0 rings (SSSR count). The molecule has 0 aliphatic heterocycles. The zero-order chi connectivity index (χ0) is 7.49. The molecule has 0 unspecified atom stereocenters. The number of nitrogens with two attached hydrogens (primary N) is 1. The first-order valence-corrected chi connectivity index (χ1v) is 4.52. The van der Waals surface area contributed by atoms with Gasteiger partial charge in [0.05, 0.1) is 0 Å². The fourth-order valence-corrected chi connectivity index (χ4v) is 0.554. The van der Waals surface area contributed by atoms with Gasteiger partial charge < -0.3 is 16.9 Å². The Balaban J connectivity index is -0.000000320. The third-order valence-corrected chi connectivity index (χ3v) is 0.920. The maximum Gasteiger partial charge on any atom is 1.00 e. The van der Waals surface area contributed by atoms with E-state index in [1.807, 2.05) is 0 Å². The molecule has 0 amide bonds. The maximum atomic E-state index is 8.59. The Hall–Kier alpha value is 0.840. The molecule has 56 valence electrons. The van der Waals surface area contributed by atoms with E-state index in [9.17, 15) is 0 Å². The van der Waals surface area contributed by atoms with Gasteiger partial charge >= 0.3 is 29.6 Å². The van der Waals surface area contributed by atoms with Crippen molar-refractivity contribution in [1.82, 2.24) is 5.43 Å². The van der Waals surface area contributed by atoms with Crippen LogP contribution < -0.4 is 40.7 Å². The Kier molecular flexibility index (Phi) is 7.37. The van der Waals surface area contributed by atoms with E-state index in [0.29, 0.717) is 0 Å². The molecule has 0 saturated carbocycles. The average Bonchev–Trinajstić information content (AvgIpc) is 1.59. The molecule has 0 radical (unpaired) electrons. The minimum atomic E-state index is -3.12. The molecular weight excluding hydrogens is 184 g/mol. The van der Waals surface area contributed by atoms with Crippen LogP contribution in [0.5, 0.6) is 0 Å². The van der Waals surface area contributed by atoms with Gasteiger partial charge in [-0.25, -0.2) is 0 Å². The van der Waals surface area contributed by atoms with Crippen molar-refractivity contribution in [3.63, 3.8) is 0 Å². The summed E-state index contributed by atoms with van der Waals surface area (Å²) in [6.45, 7) is 1.18. The van der Waals surface area contributed by atoms with Gasteiger partial charge in [-0.2, -0.15) is 0 Å². The molecule has 10 heavy (non-hydrogen) atoms. The molecule has 0 aromatic heterocycles. The molecule has 5 N–H and O–H groups in total. The first kappa shape index (κ1) is 13.4. The Labute approximate surface area is 88.0 Å². The van der Waals surface area contributed by atoms with Gasteiger partial charge in [-0.1, -0.05) is 0 Å². The van der Waals surface area contributed by atoms with E-state index in [-0.39, 0.29) is 36.1 Å². The summed E-state index contributed by atoms with van der Waals surface area (Å²) in [7, 11) is -3.12. The predicted octanol–water partition coefficient (Wildman–Crippen LogP) is -3.50. The summed E-state index contributed by atoms with van der Waals surface area (Å²) in [6.07, 6.45) is 0. The molecule has 0 aliphatic rings. The third-order valence-electron chi connectivity index (χ3n) is 0.350. The summed E-state index contributed by atoms with van der Waals surface area (Å²) in [5.74, 6) is 0. The molecule has 0 aliphatic carbocycles. The quantitative estimate of drug-likeness (QED) is 0.150. The van der Waals surface area contributed by atoms with E-state index in [0.717, 1.165) is 0 Å². The van der Waals surface area contributed by atoms with Crippen LogP contribution in [0.15, 0.2) is 4.85 Å². The van der Waals surface area contributed by atoms with Gasteiger partial charge in [-0.05, 0) is 12.2 Å². The van der Waals surface area contributed by atoms with Crippen molar-refractivity contribution in [2.24, 2.45) is 10.6 Å². The van der Waals surface area contributed by atoms with Gasteiger partial charge in [0.2, 0.25) is 7.51 Å². The van der Waals surface area contributed by atoms with Crippen molar-refractivity contribution in [1.29, 1.82) is 0 Å². The minimum absolute atomic E-state index is 0. The van der Waals surface area contributed by atoms with Crippen molar-refractivity contribution in [3.8, 4) is 0 Å². The van der Waals surface area contributed by atoms with Crippen LogP contribution in [0.1, 0.15) is 1.43 Å². The Bertz CT molecular complexity index is 164. The van der Waals surface area contributed by atoms with E-state index >= 15 is 0 Å². The first-order valence-electron chi connectivity index (χ1n) is 2.01. The van der Waals surface area contributed by atoms with E-state index in [1.165, 1.54) is 6.66 Å². The maximum absolute atomic E-state index is 8.59. The zero-order valence-corrected chi connectivity index (χ0v) is 9.49. The van der Waals surface area contributed by atoms with Crippen molar-refractivity contribution >= 4 is 24.8 Å². The number of hydrogen-bond donors (Lipinski definition) is 4. The second-order valence-corrected chi connectivity index (χ2v) is 3.82. The Morgan fingerprint density at radius 2 is 2.20 bits per heavy atom. The summed E-state index contributed by atoms with van der Waals surface area (Å²) in [5.41, 5.74) is 6.99. The molecule has 5 nitrogen and oxygen atoms in total. The molecule has 0 atom stereocenters. The Morgan fingerprint density at radius 1 is 1.80 bits per heavy atom. The van der Waals surface area contributed by atoms with E-state index in [1.54, 1.807) is 0 Å². The average molecular weight is 193 g/mol. The fourth-order valence-electron chi connectivity index (χ4n) is 0.144. The topological polar surface area (TPSA) is 90.9 Å². The van der Waals surface area contributed by atoms with Gasteiger partial charge in [-0.15, -0.1) is 4.85 Å². The zero-order valence-electron chi connectivity index (χ0n) is 6.77. The van der Waals surface area contributed by atoms with E-state index in [2.05, 4.69) is 22.5 Å². The van der Waals surface area contributed by atoms with Crippen LogP contribution in [0, 0.1) is 0 Å². The van der Waals surface area contributed by atoms with Gasteiger partial charge in [0, 0.05) is 6.66 Å². The molecule has 0 heterocycles. The van der Waals surface area contributed by atoms with Gasteiger partial charge in [0.15, 0.2) is 5.11 Å². The van der Waals surface area contributed by atoms with Gasteiger partial charge in [-0.3, -0.25) is 5.43 Å². The second kappa shape index (κ2) is 5.49. The molecule has 0 saturated heterocycles. The van der Waals surface area contributed by atoms with Crippen LogP contribution in [0.25, 0.3) is 0 Å². The van der Waals surface area contributed by atoms with Crippen molar-refractivity contribution in [2.75, 3.05) is 6.66 Å². The van der Waals surface area contributed by atoms with Crippen molar-refractivity contribution in [3.05, 3.63) is 0 Å². The van der Waals surface area contributed by atoms with Gasteiger partial charge in [0.1, 0.15) is 0 Å². The van der Waals surface area contributed by atoms with Crippen LogP contribution >= 0.6 is 19.7 Å². The van der Waals surface area contributed by atoms with Crippen LogP contribution in [-0.4, -0.2) is 21.6 Å². The van der Waals surface area contributed by atoms with E-state index < -0.39 is 7.51 Å². The number of thiocarbonyl (C=S) groups is 1. The predicted molar refractivity (Wildman–Crippen MR) is 40.7 cm³/mol. The summed E-state index contributed by atoms with van der Waals surface area (Å²) in [5, 5.41) is -0.0793. The van der Waals surface area contributed by atoms with Crippen molar-refractivity contribution < 1.29 is 40.8 Å². The monoisotopic (exact) mass is 193 g/mol. The number of nitrogens with one attached hydrogen (secondary N) is 1. The smallest absolute Gasteiger partial charge is 1.00 e. The number of hydrogen-bond acceptors (Lipinski definition) is 2. The van der Waals surface area contributed by atoms with Crippen LogP contribution in [0.3, 0.4) is 0 Å². The summed E-state index contributed by atoms with van der Waals surface area (Å²) < 4.78 is 0.